The fourth-order valence-electron chi connectivity index (χ4n) is 4.52. The van der Waals surface area contributed by atoms with Gasteiger partial charge < -0.3 is 10.2 Å². The second-order valence-electron chi connectivity index (χ2n) is 8.30. The van der Waals surface area contributed by atoms with E-state index in [0.717, 1.165) is 37.8 Å². The number of benzene rings is 2. The second-order valence-corrected chi connectivity index (χ2v) is 9.24. The molecule has 0 radical (unpaired) electrons. The molecule has 0 bridgehead atoms. The highest BCUT2D eigenvalue weighted by molar-refractivity contribution is 7.20. The lowest BCUT2D eigenvalue weighted by Crippen LogP contribution is -2.47. The first-order chi connectivity index (χ1) is 15.1. The van der Waals surface area contributed by atoms with Crippen molar-refractivity contribution in [2.75, 3.05) is 11.4 Å². The molecule has 7 nitrogen and oxygen atoms in total. The molecule has 3 heterocycles. The van der Waals surface area contributed by atoms with E-state index in [-0.39, 0.29) is 23.0 Å². The molecule has 2 aromatic carbocycles. The number of amides is 1. The summed E-state index contributed by atoms with van der Waals surface area (Å²) in [6.07, 6.45) is 3.61. The minimum absolute atomic E-state index is 0.0311. The number of nitrogens with one attached hydrogen (secondary N) is 1. The molecular weight excluding hydrogens is 410 g/mol. The average molecular weight is 432 g/mol. The number of hydrogen-bond donors (Lipinski definition) is 1. The maximum absolute atomic E-state index is 13.3. The van der Waals surface area contributed by atoms with Crippen molar-refractivity contribution >= 4 is 38.2 Å². The van der Waals surface area contributed by atoms with E-state index < -0.39 is 0 Å². The fourth-order valence-corrected chi connectivity index (χ4v) is 5.49. The van der Waals surface area contributed by atoms with Crippen LogP contribution in [-0.2, 0) is 10.3 Å². The van der Waals surface area contributed by atoms with Crippen molar-refractivity contribution in [2.24, 2.45) is 0 Å². The van der Waals surface area contributed by atoms with Crippen molar-refractivity contribution in [3.8, 4) is 0 Å². The summed E-state index contributed by atoms with van der Waals surface area (Å²) >= 11 is 1.36. The molecule has 2 aliphatic rings. The van der Waals surface area contributed by atoms with Crippen LogP contribution in [0, 0.1) is 0 Å². The highest BCUT2D eigenvalue weighted by atomic mass is 32.1. The van der Waals surface area contributed by atoms with Gasteiger partial charge in [-0.25, -0.2) is 4.98 Å². The average Bonchev–Trinajstić information content (AvgIpc) is 3.22. The maximum Gasteiger partial charge on any atom is 0.283 e. The summed E-state index contributed by atoms with van der Waals surface area (Å²) in [7, 11) is 0. The van der Waals surface area contributed by atoms with Gasteiger partial charge in [-0.15, -0.1) is 5.10 Å². The van der Waals surface area contributed by atoms with Gasteiger partial charge in [-0.05, 0) is 43.4 Å². The second kappa shape index (κ2) is 6.88. The number of carbonyl (C=O) groups is 1. The van der Waals surface area contributed by atoms with Gasteiger partial charge in [-0.3, -0.25) is 9.59 Å². The summed E-state index contributed by atoms with van der Waals surface area (Å²) in [5, 5.41) is 9.08. The molecule has 8 heteroatoms. The highest BCUT2D eigenvalue weighted by Gasteiger charge is 2.47. The van der Waals surface area contributed by atoms with Gasteiger partial charge in [-0.1, -0.05) is 53.8 Å². The van der Waals surface area contributed by atoms with E-state index >= 15 is 0 Å². The SMILES string of the molecule is O=C(NC1(c2ccccc2)CC1)C1CCCN1c1nn2c(=O)c3ccccc3nc2s1. The van der Waals surface area contributed by atoms with Crippen molar-refractivity contribution in [3.05, 3.63) is 70.5 Å². The first-order valence-electron chi connectivity index (χ1n) is 10.6. The molecule has 1 atom stereocenters. The predicted molar refractivity (Wildman–Crippen MR) is 121 cm³/mol. The summed E-state index contributed by atoms with van der Waals surface area (Å²) in [5.41, 5.74) is 1.41. The predicted octanol–water partition coefficient (Wildman–Crippen LogP) is 3.08. The molecular formula is C23H21N5O2S. The molecule has 1 saturated heterocycles. The Balaban J connectivity index is 1.31. The smallest absolute Gasteiger partial charge is 0.283 e. The van der Waals surface area contributed by atoms with Crippen LogP contribution in [-0.4, -0.2) is 33.1 Å². The highest BCUT2D eigenvalue weighted by Crippen LogP contribution is 2.45. The molecule has 1 aliphatic carbocycles. The lowest BCUT2D eigenvalue weighted by molar-refractivity contribution is -0.123. The van der Waals surface area contributed by atoms with Crippen LogP contribution in [0.3, 0.4) is 0 Å². The third-order valence-electron chi connectivity index (χ3n) is 6.33. The number of aromatic nitrogens is 3. The standard InChI is InChI=1S/C23H21N5O2S/c29-19(25-23(12-13-23)15-7-2-1-3-8-15)18-11-6-14-27(18)22-26-28-20(30)16-9-4-5-10-17(16)24-21(28)31-22/h1-5,7-10,18H,6,11-14H2,(H,25,29). The lowest BCUT2D eigenvalue weighted by atomic mass is 10.0. The Morgan fingerprint density at radius 1 is 1.10 bits per heavy atom. The van der Waals surface area contributed by atoms with Crippen molar-refractivity contribution in [2.45, 2.75) is 37.3 Å². The van der Waals surface area contributed by atoms with E-state index in [0.29, 0.717) is 21.0 Å². The number of anilines is 1. The van der Waals surface area contributed by atoms with Gasteiger partial charge in [-0.2, -0.15) is 4.52 Å². The maximum atomic E-state index is 13.3. The topological polar surface area (TPSA) is 79.6 Å². The Morgan fingerprint density at radius 2 is 1.87 bits per heavy atom. The largest absolute Gasteiger partial charge is 0.345 e. The minimum atomic E-state index is -0.285. The van der Waals surface area contributed by atoms with Crippen molar-refractivity contribution in [3.63, 3.8) is 0 Å². The third kappa shape index (κ3) is 3.01. The summed E-state index contributed by atoms with van der Waals surface area (Å²) in [6.45, 7) is 0.741. The Bertz CT molecular complexity index is 1360. The summed E-state index contributed by atoms with van der Waals surface area (Å²) in [4.78, 5) is 33.3. The van der Waals surface area contributed by atoms with E-state index in [1.807, 2.05) is 41.3 Å². The van der Waals surface area contributed by atoms with Crippen LogP contribution in [0.15, 0.2) is 59.4 Å². The van der Waals surface area contributed by atoms with Gasteiger partial charge in [0.25, 0.3) is 5.56 Å². The van der Waals surface area contributed by atoms with Crippen LogP contribution in [0.25, 0.3) is 15.9 Å². The van der Waals surface area contributed by atoms with Crippen molar-refractivity contribution in [1.82, 2.24) is 19.9 Å². The van der Waals surface area contributed by atoms with Gasteiger partial charge in [0.05, 0.1) is 16.4 Å². The van der Waals surface area contributed by atoms with Gasteiger partial charge in [0.2, 0.25) is 16.0 Å². The van der Waals surface area contributed by atoms with Gasteiger partial charge >= 0.3 is 0 Å². The molecule has 1 unspecified atom stereocenters. The molecule has 1 N–H and O–H groups in total. The number of rotatable bonds is 4. The van der Waals surface area contributed by atoms with Crippen LogP contribution in [0.1, 0.15) is 31.2 Å². The number of para-hydroxylation sites is 1. The molecule has 31 heavy (non-hydrogen) atoms. The zero-order valence-electron chi connectivity index (χ0n) is 16.8. The van der Waals surface area contributed by atoms with Crippen LogP contribution < -0.4 is 15.8 Å². The number of nitrogens with zero attached hydrogens (tertiary/aromatic N) is 4. The number of carbonyl (C=O) groups excluding carboxylic acids is 1. The summed E-state index contributed by atoms with van der Waals surface area (Å²) < 4.78 is 1.36. The van der Waals surface area contributed by atoms with Crippen molar-refractivity contribution in [1.29, 1.82) is 0 Å². The van der Waals surface area contributed by atoms with Crippen LogP contribution in [0.4, 0.5) is 5.13 Å². The normalized spacial score (nSPS) is 19.7. The molecule has 2 fully saturated rings. The first-order valence-corrected chi connectivity index (χ1v) is 11.4. The zero-order valence-corrected chi connectivity index (χ0v) is 17.6. The van der Waals surface area contributed by atoms with Gasteiger partial charge in [0, 0.05) is 6.54 Å². The first kappa shape index (κ1) is 18.5. The van der Waals surface area contributed by atoms with Gasteiger partial charge in [0.15, 0.2) is 0 Å². The van der Waals surface area contributed by atoms with E-state index in [1.54, 1.807) is 6.07 Å². The Labute approximate surface area is 182 Å². The van der Waals surface area contributed by atoms with E-state index in [1.165, 1.54) is 15.9 Å². The quantitative estimate of drug-likeness (QED) is 0.537. The van der Waals surface area contributed by atoms with E-state index in [9.17, 15) is 9.59 Å². The number of hydrogen-bond acceptors (Lipinski definition) is 6. The minimum Gasteiger partial charge on any atom is -0.345 e. The van der Waals surface area contributed by atoms with Crippen LogP contribution >= 0.6 is 11.3 Å². The number of fused-ring (bicyclic) bond motifs is 2. The molecule has 6 rings (SSSR count). The lowest BCUT2D eigenvalue weighted by Gasteiger charge is -2.26. The zero-order chi connectivity index (χ0) is 21.0. The van der Waals surface area contributed by atoms with Crippen LogP contribution in [0.2, 0.25) is 0 Å². The third-order valence-corrected chi connectivity index (χ3v) is 7.28. The van der Waals surface area contributed by atoms with E-state index in [2.05, 4.69) is 27.5 Å². The molecule has 2 aromatic heterocycles. The molecule has 156 valence electrons. The molecule has 1 saturated carbocycles. The fraction of sp³-hybridized carbons (Fsp3) is 0.304. The molecule has 1 aliphatic heterocycles. The Morgan fingerprint density at radius 3 is 2.68 bits per heavy atom. The van der Waals surface area contributed by atoms with Gasteiger partial charge in [0.1, 0.15) is 6.04 Å². The van der Waals surface area contributed by atoms with Crippen molar-refractivity contribution < 1.29 is 4.79 Å². The molecule has 0 spiro atoms. The summed E-state index contributed by atoms with van der Waals surface area (Å²) in [6, 6.07) is 17.2. The molecule has 1 amide bonds. The Kier molecular flexibility index (Phi) is 4.11. The summed E-state index contributed by atoms with van der Waals surface area (Å²) in [5.74, 6) is 0.0311. The van der Waals surface area contributed by atoms with E-state index in [4.69, 9.17) is 0 Å². The van der Waals surface area contributed by atoms with Crippen LogP contribution in [0.5, 0.6) is 0 Å². The molecule has 4 aromatic rings. The Hall–Kier alpha value is -3.26. The monoisotopic (exact) mass is 431 g/mol.